The lowest BCUT2D eigenvalue weighted by atomic mass is 10.00. The molecule has 4 aromatic carbocycles. The van der Waals surface area contributed by atoms with Crippen molar-refractivity contribution in [3.63, 3.8) is 0 Å². The van der Waals surface area contributed by atoms with E-state index in [0.717, 1.165) is 11.1 Å². The smallest absolute Gasteiger partial charge is 0.375 e. The Morgan fingerprint density at radius 2 is 0.804 bits per heavy atom. The first-order valence-electron chi connectivity index (χ1n) is 14.7. The number of carbonyl (C=O) groups is 3. The molecule has 0 spiro atoms. The molecule has 0 radical (unpaired) electrons. The minimum Gasteiger partial charge on any atom is -0.375 e. The third kappa shape index (κ3) is 7.29. The molecule has 6 rings (SSSR count). The van der Waals surface area contributed by atoms with Gasteiger partial charge in [-0.1, -0.05) is 121 Å². The van der Waals surface area contributed by atoms with Gasteiger partial charge in [0.2, 0.25) is 11.8 Å². The van der Waals surface area contributed by atoms with Gasteiger partial charge in [0, 0.05) is 58.6 Å². The molecule has 2 aromatic heterocycles. The molecule has 0 unspecified atom stereocenters. The highest BCUT2D eigenvalue weighted by Gasteiger charge is 2.17. The van der Waals surface area contributed by atoms with Crippen LogP contribution in [0.3, 0.4) is 0 Å². The maximum Gasteiger partial charge on any atom is 0.522 e. The van der Waals surface area contributed by atoms with Crippen LogP contribution in [0.1, 0.15) is 54.1 Å². The van der Waals surface area contributed by atoms with E-state index < -0.39 is 6.16 Å². The Hall–Kier alpha value is -6.21. The van der Waals surface area contributed by atoms with E-state index >= 15 is 0 Å². The van der Waals surface area contributed by atoms with Crippen LogP contribution in [0.5, 0.6) is 11.8 Å². The molecule has 0 atom stereocenters. The van der Waals surface area contributed by atoms with Crippen LogP contribution < -0.4 is 9.47 Å². The third-order valence-electron chi connectivity index (χ3n) is 7.35. The molecule has 0 aliphatic carbocycles. The Balaban J connectivity index is 1.10. The van der Waals surface area contributed by atoms with Gasteiger partial charge in [0.15, 0.2) is 11.6 Å². The van der Waals surface area contributed by atoms with E-state index in [-0.39, 0.29) is 23.3 Å². The Kier molecular flexibility index (Phi) is 9.12. The number of hydrogen-bond acceptors (Lipinski definition) is 7. The molecule has 7 nitrogen and oxygen atoms in total. The van der Waals surface area contributed by atoms with Gasteiger partial charge in [-0.15, -0.1) is 0 Å². The first-order valence-corrected chi connectivity index (χ1v) is 14.7. The highest BCUT2D eigenvalue weighted by Crippen LogP contribution is 2.23. The number of carbonyl (C=O) groups excluding carboxylic acids is 3. The van der Waals surface area contributed by atoms with Crippen molar-refractivity contribution in [1.82, 2.24) is 9.97 Å². The molecule has 0 bridgehead atoms. The molecule has 0 saturated carbocycles. The minimum absolute atomic E-state index is 0.0515. The summed E-state index contributed by atoms with van der Waals surface area (Å²) in [6.45, 7) is 0. The summed E-state index contributed by atoms with van der Waals surface area (Å²) in [4.78, 5) is 46.9. The number of ether oxygens (including phenoxy) is 2. The van der Waals surface area contributed by atoms with Crippen molar-refractivity contribution in [2.24, 2.45) is 0 Å². The van der Waals surface area contributed by atoms with Crippen molar-refractivity contribution < 1.29 is 23.9 Å². The predicted octanol–water partition coefficient (Wildman–Crippen LogP) is 7.70. The summed E-state index contributed by atoms with van der Waals surface area (Å²) in [5.41, 5.74) is 5.61. The van der Waals surface area contributed by atoms with E-state index in [1.165, 1.54) is 12.4 Å². The van der Waals surface area contributed by atoms with Crippen LogP contribution in [0.15, 0.2) is 146 Å². The summed E-state index contributed by atoms with van der Waals surface area (Å²) < 4.78 is 11.1. The number of nitrogens with zero attached hydrogens (tertiary/aromatic N) is 2. The number of pyridine rings is 2. The van der Waals surface area contributed by atoms with Crippen molar-refractivity contribution in [3.05, 3.63) is 190 Å². The zero-order valence-corrected chi connectivity index (χ0v) is 24.7. The molecule has 0 fully saturated rings. The molecule has 0 aliphatic rings. The number of benzene rings is 4. The molecule has 2 heterocycles. The van der Waals surface area contributed by atoms with Crippen molar-refractivity contribution in [2.75, 3.05) is 0 Å². The van der Waals surface area contributed by atoms with Gasteiger partial charge in [0.25, 0.3) is 0 Å². The van der Waals surface area contributed by atoms with E-state index in [9.17, 15) is 14.4 Å². The summed E-state index contributed by atoms with van der Waals surface area (Å²) in [6.07, 6.45) is 2.95. The van der Waals surface area contributed by atoms with E-state index in [1.54, 1.807) is 60.7 Å². The summed E-state index contributed by atoms with van der Waals surface area (Å²) >= 11 is 0. The van der Waals surface area contributed by atoms with Gasteiger partial charge in [-0.3, -0.25) is 9.59 Å². The van der Waals surface area contributed by atoms with Gasteiger partial charge in [-0.25, -0.2) is 14.8 Å². The Morgan fingerprint density at radius 1 is 0.435 bits per heavy atom. The van der Waals surface area contributed by atoms with Crippen LogP contribution in [-0.4, -0.2) is 27.7 Å². The monoisotopic (exact) mass is 604 g/mol. The number of rotatable bonds is 10. The van der Waals surface area contributed by atoms with E-state index in [1.807, 2.05) is 72.8 Å². The largest absolute Gasteiger partial charge is 0.522 e. The quantitative estimate of drug-likeness (QED) is 0.117. The molecule has 0 amide bonds. The molecule has 46 heavy (non-hydrogen) atoms. The zero-order chi connectivity index (χ0) is 31.7. The second kappa shape index (κ2) is 14.1. The van der Waals surface area contributed by atoms with E-state index in [0.29, 0.717) is 46.2 Å². The van der Waals surface area contributed by atoms with Gasteiger partial charge < -0.3 is 9.47 Å². The Morgan fingerprint density at radius 3 is 1.20 bits per heavy atom. The normalized spacial score (nSPS) is 10.6. The van der Waals surface area contributed by atoms with Crippen LogP contribution >= 0.6 is 0 Å². The molecule has 6 aromatic rings. The number of hydrogen-bond donors (Lipinski definition) is 0. The summed E-state index contributed by atoms with van der Waals surface area (Å²) in [6, 6.07) is 40.0. The molecular formula is C39H28N2O5. The van der Waals surface area contributed by atoms with E-state index in [2.05, 4.69) is 9.97 Å². The molecule has 224 valence electrons. The summed E-state index contributed by atoms with van der Waals surface area (Å²) in [7, 11) is 0. The lowest BCUT2D eigenvalue weighted by molar-refractivity contribution is 0.103. The van der Waals surface area contributed by atoms with Gasteiger partial charge in [-0.05, 0) is 23.3 Å². The SMILES string of the molecule is O=C(Oc1ncccc1Cc1ccc(C(=O)c2ccccc2)cc1)Oc1ncccc1Cc1ccc(C(=O)c2ccccc2)cc1. The molecular weight excluding hydrogens is 576 g/mol. The van der Waals surface area contributed by atoms with Gasteiger partial charge in [0.05, 0.1) is 0 Å². The second-order valence-corrected chi connectivity index (χ2v) is 10.5. The molecule has 0 aliphatic heterocycles. The van der Waals surface area contributed by atoms with Gasteiger partial charge in [0.1, 0.15) is 0 Å². The fourth-order valence-electron chi connectivity index (χ4n) is 4.98. The number of aromatic nitrogens is 2. The zero-order valence-electron chi connectivity index (χ0n) is 24.7. The first-order chi connectivity index (χ1) is 22.5. The lowest BCUT2D eigenvalue weighted by Gasteiger charge is -2.11. The van der Waals surface area contributed by atoms with Gasteiger partial charge >= 0.3 is 6.16 Å². The first kappa shape index (κ1) is 29.8. The average molecular weight is 605 g/mol. The maximum absolute atomic E-state index is 12.9. The molecule has 7 heteroatoms. The lowest BCUT2D eigenvalue weighted by Crippen LogP contribution is -2.17. The van der Waals surface area contributed by atoms with Crippen LogP contribution in [0.4, 0.5) is 4.79 Å². The Labute approximate surface area is 266 Å². The van der Waals surface area contributed by atoms with Crippen LogP contribution in [0, 0.1) is 0 Å². The predicted molar refractivity (Wildman–Crippen MR) is 173 cm³/mol. The fourth-order valence-corrected chi connectivity index (χ4v) is 4.98. The third-order valence-corrected chi connectivity index (χ3v) is 7.35. The van der Waals surface area contributed by atoms with E-state index in [4.69, 9.17) is 9.47 Å². The second-order valence-electron chi connectivity index (χ2n) is 10.5. The van der Waals surface area contributed by atoms with Gasteiger partial charge in [-0.2, -0.15) is 0 Å². The van der Waals surface area contributed by atoms with Crippen molar-refractivity contribution in [2.45, 2.75) is 12.8 Å². The average Bonchev–Trinajstić information content (AvgIpc) is 3.11. The van der Waals surface area contributed by atoms with Crippen molar-refractivity contribution in [3.8, 4) is 11.8 Å². The maximum atomic E-state index is 12.9. The standard InChI is InChI=1S/C39H28N2O5/c42-35(29-9-3-1-4-10-29)31-19-15-27(16-20-31)25-33-13-7-23-40-37(33)45-39(44)46-38-34(14-8-24-41-38)26-28-17-21-32(22-18-28)36(43)30-11-5-2-6-12-30/h1-24H,25-26H2. The highest BCUT2D eigenvalue weighted by atomic mass is 16.7. The summed E-state index contributed by atoms with van der Waals surface area (Å²) in [5, 5.41) is 0. The summed E-state index contributed by atoms with van der Waals surface area (Å²) in [5.74, 6) is 0.134. The van der Waals surface area contributed by atoms with Crippen molar-refractivity contribution >= 4 is 17.7 Å². The molecule has 0 N–H and O–H groups in total. The highest BCUT2D eigenvalue weighted by molar-refractivity contribution is 6.09. The minimum atomic E-state index is -0.965. The Bertz CT molecular complexity index is 1830. The van der Waals surface area contributed by atoms with Crippen molar-refractivity contribution in [1.29, 1.82) is 0 Å². The van der Waals surface area contributed by atoms with Crippen LogP contribution in [-0.2, 0) is 12.8 Å². The molecule has 0 saturated heterocycles. The van der Waals surface area contributed by atoms with Crippen LogP contribution in [0.2, 0.25) is 0 Å². The number of ketones is 2. The fraction of sp³-hybridized carbons (Fsp3) is 0.0513. The van der Waals surface area contributed by atoms with Crippen LogP contribution in [0.25, 0.3) is 0 Å². The topological polar surface area (TPSA) is 95.4 Å².